The van der Waals surface area contributed by atoms with Crippen LogP contribution >= 0.6 is 0 Å². The third kappa shape index (κ3) is 5.50. The average Bonchev–Trinajstić information content (AvgIpc) is 2.19. The van der Waals surface area contributed by atoms with Crippen molar-refractivity contribution >= 4 is 5.91 Å². The summed E-state index contributed by atoms with van der Waals surface area (Å²) < 4.78 is 0. The summed E-state index contributed by atoms with van der Waals surface area (Å²) in [6.45, 7) is 1.68. The van der Waals surface area contributed by atoms with Crippen LogP contribution < -0.4 is 11.1 Å². The third-order valence-corrected chi connectivity index (χ3v) is 3.41. The molecule has 3 N–H and O–H groups in total. The van der Waals surface area contributed by atoms with Crippen molar-refractivity contribution in [2.45, 2.75) is 57.8 Å². The van der Waals surface area contributed by atoms with Crippen molar-refractivity contribution in [1.82, 2.24) is 5.32 Å². The molecule has 1 fully saturated rings. The molecule has 1 amide bonds. The van der Waals surface area contributed by atoms with Gasteiger partial charge in [-0.1, -0.05) is 32.1 Å². The zero-order chi connectivity index (χ0) is 11.6. The molecule has 1 saturated carbocycles. The first-order valence-corrected chi connectivity index (χ1v) is 6.82. The molecule has 0 saturated heterocycles. The molecule has 0 aromatic rings. The van der Waals surface area contributed by atoms with Gasteiger partial charge in [0.2, 0.25) is 5.91 Å². The molecule has 0 unspecified atom stereocenters. The van der Waals surface area contributed by atoms with Crippen LogP contribution in [0.15, 0.2) is 0 Å². The fraction of sp³-hybridized carbons (Fsp3) is 0.923. The largest absolute Gasteiger partial charge is 0.356 e. The molecule has 94 valence electrons. The van der Waals surface area contributed by atoms with Gasteiger partial charge in [-0.05, 0) is 32.2 Å². The Kier molecular flexibility index (Phi) is 7.23. The van der Waals surface area contributed by atoms with E-state index in [1.165, 1.54) is 32.1 Å². The summed E-state index contributed by atoms with van der Waals surface area (Å²) in [4.78, 5) is 11.5. The molecular formula is C13H26N2O. The van der Waals surface area contributed by atoms with Gasteiger partial charge in [-0.25, -0.2) is 0 Å². The lowest BCUT2D eigenvalue weighted by Crippen LogP contribution is -2.34. The Balaban J connectivity index is 1.79. The molecule has 0 radical (unpaired) electrons. The number of nitrogens with two attached hydrogens (primary N) is 1. The Bertz CT molecular complexity index is 190. The predicted molar refractivity (Wildman–Crippen MR) is 67.1 cm³/mol. The molecular weight excluding hydrogens is 200 g/mol. The molecule has 1 aliphatic carbocycles. The van der Waals surface area contributed by atoms with Crippen molar-refractivity contribution in [3.63, 3.8) is 0 Å². The van der Waals surface area contributed by atoms with E-state index in [9.17, 15) is 4.79 Å². The normalized spacial score (nSPS) is 15.8. The molecule has 0 heterocycles. The quantitative estimate of drug-likeness (QED) is 0.592. The summed E-state index contributed by atoms with van der Waals surface area (Å²) >= 11 is 0. The highest BCUT2D eigenvalue weighted by Gasteiger charge is 2.24. The van der Waals surface area contributed by atoms with Crippen molar-refractivity contribution in [2.75, 3.05) is 13.1 Å². The molecule has 0 bridgehead atoms. The molecule has 0 spiro atoms. The van der Waals surface area contributed by atoms with Gasteiger partial charge in [-0.15, -0.1) is 0 Å². The van der Waals surface area contributed by atoms with Gasteiger partial charge in [-0.2, -0.15) is 0 Å². The van der Waals surface area contributed by atoms with E-state index in [2.05, 4.69) is 5.32 Å². The van der Waals surface area contributed by atoms with Crippen LogP contribution in [0.5, 0.6) is 0 Å². The van der Waals surface area contributed by atoms with E-state index < -0.39 is 0 Å². The third-order valence-electron chi connectivity index (χ3n) is 3.41. The topological polar surface area (TPSA) is 55.1 Å². The fourth-order valence-corrected chi connectivity index (χ4v) is 2.00. The molecule has 3 heteroatoms. The van der Waals surface area contributed by atoms with Gasteiger partial charge in [0.25, 0.3) is 0 Å². The first-order valence-electron chi connectivity index (χ1n) is 6.82. The average molecular weight is 226 g/mol. The first kappa shape index (κ1) is 13.5. The van der Waals surface area contributed by atoms with Crippen LogP contribution in [0.3, 0.4) is 0 Å². The predicted octanol–water partition coefficient (Wildman–Crippen LogP) is 2.20. The second-order valence-corrected chi connectivity index (χ2v) is 4.83. The van der Waals surface area contributed by atoms with Crippen LogP contribution in [-0.2, 0) is 4.79 Å². The van der Waals surface area contributed by atoms with Crippen molar-refractivity contribution in [3.8, 4) is 0 Å². The Labute approximate surface area is 99.2 Å². The zero-order valence-electron chi connectivity index (χ0n) is 10.3. The second kappa shape index (κ2) is 8.57. The van der Waals surface area contributed by atoms with Gasteiger partial charge in [0.1, 0.15) is 0 Å². The summed E-state index contributed by atoms with van der Waals surface area (Å²) in [5.74, 6) is 0.624. The lowest BCUT2D eigenvalue weighted by molar-refractivity contribution is -0.127. The molecule has 0 atom stereocenters. The van der Waals surface area contributed by atoms with Gasteiger partial charge < -0.3 is 11.1 Å². The van der Waals surface area contributed by atoms with E-state index in [0.717, 1.165) is 38.8 Å². The number of nitrogens with one attached hydrogen (secondary N) is 1. The summed E-state index contributed by atoms with van der Waals surface area (Å²) in [6.07, 6.45) is 10.8. The van der Waals surface area contributed by atoms with Gasteiger partial charge in [0.05, 0.1) is 0 Å². The molecule has 3 nitrogen and oxygen atoms in total. The van der Waals surface area contributed by atoms with E-state index in [-0.39, 0.29) is 5.91 Å². The van der Waals surface area contributed by atoms with Gasteiger partial charge in [-0.3, -0.25) is 4.79 Å². The molecule has 16 heavy (non-hydrogen) atoms. The highest BCUT2D eigenvalue weighted by Crippen LogP contribution is 2.26. The molecule has 1 aliphatic rings. The minimum Gasteiger partial charge on any atom is -0.356 e. The van der Waals surface area contributed by atoms with E-state index in [0.29, 0.717) is 5.92 Å². The molecule has 1 rings (SSSR count). The highest BCUT2D eigenvalue weighted by molar-refractivity contribution is 5.79. The van der Waals surface area contributed by atoms with E-state index in [1.54, 1.807) is 0 Å². The van der Waals surface area contributed by atoms with Crippen LogP contribution in [0, 0.1) is 5.92 Å². The summed E-state index contributed by atoms with van der Waals surface area (Å²) in [6, 6.07) is 0. The van der Waals surface area contributed by atoms with Crippen LogP contribution in [0.4, 0.5) is 0 Å². The number of carbonyl (C=O) groups excluding carboxylic acids is 1. The highest BCUT2D eigenvalue weighted by atomic mass is 16.1. The maximum absolute atomic E-state index is 11.5. The lowest BCUT2D eigenvalue weighted by atomic mass is 9.85. The zero-order valence-corrected chi connectivity index (χ0v) is 10.3. The Morgan fingerprint density at radius 1 is 1.06 bits per heavy atom. The summed E-state index contributed by atoms with van der Waals surface area (Å²) in [5, 5.41) is 3.03. The summed E-state index contributed by atoms with van der Waals surface area (Å²) in [7, 11) is 0. The van der Waals surface area contributed by atoms with Crippen LogP contribution in [0.1, 0.15) is 57.8 Å². The number of unbranched alkanes of at least 4 members (excludes halogenated alkanes) is 5. The molecule has 0 aromatic carbocycles. The summed E-state index contributed by atoms with van der Waals surface area (Å²) in [5.41, 5.74) is 5.42. The minimum atomic E-state index is 0.286. The smallest absolute Gasteiger partial charge is 0.223 e. The second-order valence-electron chi connectivity index (χ2n) is 4.83. The van der Waals surface area contributed by atoms with Crippen molar-refractivity contribution in [1.29, 1.82) is 0 Å². The van der Waals surface area contributed by atoms with Crippen molar-refractivity contribution < 1.29 is 4.79 Å². The number of hydrogen-bond donors (Lipinski definition) is 2. The SMILES string of the molecule is NCCCCCCCCNC(=O)C1CCC1. The fourth-order valence-electron chi connectivity index (χ4n) is 2.00. The monoisotopic (exact) mass is 226 g/mol. The van der Waals surface area contributed by atoms with E-state index in [4.69, 9.17) is 5.73 Å². The Morgan fingerprint density at radius 2 is 1.69 bits per heavy atom. The number of hydrogen-bond acceptors (Lipinski definition) is 2. The van der Waals surface area contributed by atoms with Gasteiger partial charge in [0.15, 0.2) is 0 Å². The number of amides is 1. The van der Waals surface area contributed by atoms with Crippen LogP contribution in [0.2, 0.25) is 0 Å². The van der Waals surface area contributed by atoms with Crippen molar-refractivity contribution in [2.24, 2.45) is 11.7 Å². The van der Waals surface area contributed by atoms with Crippen LogP contribution in [0.25, 0.3) is 0 Å². The number of rotatable bonds is 9. The van der Waals surface area contributed by atoms with Gasteiger partial charge >= 0.3 is 0 Å². The van der Waals surface area contributed by atoms with Crippen LogP contribution in [-0.4, -0.2) is 19.0 Å². The molecule has 0 aromatic heterocycles. The van der Waals surface area contributed by atoms with Crippen molar-refractivity contribution in [3.05, 3.63) is 0 Å². The van der Waals surface area contributed by atoms with Gasteiger partial charge in [0, 0.05) is 12.5 Å². The molecule has 0 aliphatic heterocycles. The first-order chi connectivity index (χ1) is 7.84. The standard InChI is InChI=1S/C13H26N2O/c14-10-5-3-1-2-4-6-11-15-13(16)12-8-7-9-12/h12H,1-11,14H2,(H,15,16). The van der Waals surface area contributed by atoms with E-state index >= 15 is 0 Å². The maximum Gasteiger partial charge on any atom is 0.223 e. The lowest BCUT2D eigenvalue weighted by Gasteiger charge is -2.23. The number of carbonyl (C=O) groups is 1. The Hall–Kier alpha value is -0.570. The Morgan fingerprint density at radius 3 is 2.25 bits per heavy atom. The van der Waals surface area contributed by atoms with E-state index in [1.807, 2.05) is 0 Å². The maximum atomic E-state index is 11.5. The minimum absolute atomic E-state index is 0.286.